The van der Waals surface area contributed by atoms with Crippen LogP contribution in [0.2, 0.25) is 5.02 Å². The second-order valence-electron chi connectivity index (χ2n) is 5.60. The minimum atomic E-state index is 0.847. The van der Waals surface area contributed by atoms with Crippen molar-refractivity contribution in [1.82, 2.24) is 10.2 Å². The maximum atomic E-state index is 6.03. The van der Waals surface area contributed by atoms with Gasteiger partial charge in [-0.05, 0) is 76.0 Å². The number of rotatable bonds is 6. The molecule has 1 N–H and O–H groups in total. The average molecular weight is 281 g/mol. The van der Waals surface area contributed by atoms with Crippen LogP contribution in [0.5, 0.6) is 0 Å². The second kappa shape index (κ2) is 7.88. The molecule has 106 valence electrons. The van der Waals surface area contributed by atoms with Crippen molar-refractivity contribution in [3.8, 4) is 0 Å². The third-order valence-electron chi connectivity index (χ3n) is 4.04. The Labute approximate surface area is 122 Å². The van der Waals surface area contributed by atoms with Crippen molar-refractivity contribution < 1.29 is 0 Å². The van der Waals surface area contributed by atoms with Crippen LogP contribution in [0.1, 0.15) is 31.2 Å². The normalized spacial score (nSPS) is 17.8. The molecule has 0 radical (unpaired) electrons. The van der Waals surface area contributed by atoms with Gasteiger partial charge in [0.25, 0.3) is 0 Å². The summed E-state index contributed by atoms with van der Waals surface area (Å²) in [6.45, 7) is 4.67. The molecule has 2 rings (SSSR count). The molecule has 0 aliphatic carbocycles. The van der Waals surface area contributed by atoms with Crippen molar-refractivity contribution >= 4 is 11.6 Å². The van der Waals surface area contributed by atoms with Crippen LogP contribution in [0.3, 0.4) is 0 Å². The number of nitrogens with zero attached hydrogens (tertiary/aromatic N) is 1. The SMILES string of the molecule is CNCCCC1CCN(Cc2cccc(Cl)c2)CC1. The monoisotopic (exact) mass is 280 g/mol. The van der Waals surface area contributed by atoms with Gasteiger partial charge in [-0.15, -0.1) is 0 Å². The summed E-state index contributed by atoms with van der Waals surface area (Å²) in [6, 6.07) is 8.24. The van der Waals surface area contributed by atoms with Crippen LogP contribution in [-0.2, 0) is 6.54 Å². The van der Waals surface area contributed by atoms with Crippen molar-refractivity contribution in [2.75, 3.05) is 26.7 Å². The Kier molecular flexibility index (Phi) is 6.15. The zero-order valence-corrected chi connectivity index (χ0v) is 12.6. The minimum absolute atomic E-state index is 0.847. The first kappa shape index (κ1) is 14.8. The molecule has 1 aliphatic heterocycles. The van der Waals surface area contributed by atoms with E-state index in [1.54, 1.807) is 0 Å². The molecule has 0 atom stereocenters. The molecule has 1 saturated heterocycles. The van der Waals surface area contributed by atoms with Gasteiger partial charge in [-0.2, -0.15) is 0 Å². The first-order valence-electron chi connectivity index (χ1n) is 7.39. The Morgan fingerprint density at radius 1 is 1.32 bits per heavy atom. The fourth-order valence-corrected chi connectivity index (χ4v) is 3.11. The number of hydrogen-bond donors (Lipinski definition) is 1. The maximum absolute atomic E-state index is 6.03. The fraction of sp³-hybridized carbons (Fsp3) is 0.625. The van der Waals surface area contributed by atoms with Gasteiger partial charge in [-0.1, -0.05) is 23.7 Å². The van der Waals surface area contributed by atoms with Crippen LogP contribution in [0.15, 0.2) is 24.3 Å². The summed E-state index contributed by atoms with van der Waals surface area (Å²) in [6.07, 6.45) is 5.40. The van der Waals surface area contributed by atoms with Gasteiger partial charge < -0.3 is 5.32 Å². The van der Waals surface area contributed by atoms with E-state index in [1.807, 2.05) is 19.2 Å². The molecule has 0 unspecified atom stereocenters. The summed E-state index contributed by atoms with van der Waals surface area (Å²) in [7, 11) is 2.04. The highest BCUT2D eigenvalue weighted by atomic mass is 35.5. The minimum Gasteiger partial charge on any atom is -0.320 e. The lowest BCUT2D eigenvalue weighted by Gasteiger charge is -2.32. The van der Waals surface area contributed by atoms with Crippen LogP contribution in [0.25, 0.3) is 0 Å². The number of piperidine rings is 1. The highest BCUT2D eigenvalue weighted by Gasteiger charge is 2.18. The fourth-order valence-electron chi connectivity index (χ4n) is 2.89. The Hall–Kier alpha value is -0.570. The van der Waals surface area contributed by atoms with E-state index in [4.69, 9.17) is 11.6 Å². The van der Waals surface area contributed by atoms with E-state index in [0.717, 1.165) is 24.0 Å². The first-order chi connectivity index (χ1) is 9.28. The van der Waals surface area contributed by atoms with Gasteiger partial charge in [0.15, 0.2) is 0 Å². The highest BCUT2D eigenvalue weighted by molar-refractivity contribution is 6.30. The standard InChI is InChI=1S/C16H25ClN2/c1-18-9-3-5-14-7-10-19(11-8-14)13-15-4-2-6-16(17)12-15/h2,4,6,12,14,18H,3,5,7-11,13H2,1H3. The number of halogens is 1. The van der Waals surface area contributed by atoms with Crippen molar-refractivity contribution in [3.63, 3.8) is 0 Å². The van der Waals surface area contributed by atoms with E-state index in [9.17, 15) is 0 Å². The third-order valence-corrected chi connectivity index (χ3v) is 4.28. The Morgan fingerprint density at radius 2 is 2.11 bits per heavy atom. The summed E-state index contributed by atoms with van der Waals surface area (Å²) >= 11 is 6.03. The van der Waals surface area contributed by atoms with Crippen LogP contribution >= 0.6 is 11.6 Å². The molecule has 0 saturated carbocycles. The van der Waals surface area contributed by atoms with Gasteiger partial charge in [-0.25, -0.2) is 0 Å². The quantitative estimate of drug-likeness (QED) is 0.802. The van der Waals surface area contributed by atoms with Crippen molar-refractivity contribution in [1.29, 1.82) is 0 Å². The van der Waals surface area contributed by atoms with Crippen molar-refractivity contribution in [2.24, 2.45) is 5.92 Å². The molecule has 1 aliphatic rings. The van der Waals surface area contributed by atoms with E-state index in [2.05, 4.69) is 22.3 Å². The number of nitrogens with one attached hydrogen (secondary N) is 1. The predicted molar refractivity (Wildman–Crippen MR) is 82.6 cm³/mol. The smallest absolute Gasteiger partial charge is 0.0409 e. The summed E-state index contributed by atoms with van der Waals surface area (Å²) in [5.41, 5.74) is 1.33. The van der Waals surface area contributed by atoms with E-state index in [-0.39, 0.29) is 0 Å². The zero-order valence-electron chi connectivity index (χ0n) is 11.9. The molecule has 1 heterocycles. The van der Waals surface area contributed by atoms with Gasteiger partial charge in [0.05, 0.1) is 0 Å². The lowest BCUT2D eigenvalue weighted by molar-refractivity contribution is 0.171. The van der Waals surface area contributed by atoms with Crippen LogP contribution in [0, 0.1) is 5.92 Å². The molecule has 1 aromatic rings. The molecule has 0 amide bonds. The molecular weight excluding hydrogens is 256 g/mol. The van der Waals surface area contributed by atoms with Crippen molar-refractivity contribution in [3.05, 3.63) is 34.9 Å². The molecule has 2 nitrogen and oxygen atoms in total. The molecule has 0 spiro atoms. The molecule has 1 aromatic carbocycles. The van der Waals surface area contributed by atoms with E-state index >= 15 is 0 Å². The summed E-state index contributed by atoms with van der Waals surface area (Å²) in [5.74, 6) is 0.934. The summed E-state index contributed by atoms with van der Waals surface area (Å²) in [4.78, 5) is 2.56. The van der Waals surface area contributed by atoms with Gasteiger partial charge in [0.1, 0.15) is 0 Å². The predicted octanol–water partition coefficient (Wildman–Crippen LogP) is 3.55. The molecular formula is C16H25ClN2. The number of likely N-dealkylation sites (tertiary alicyclic amines) is 1. The molecule has 3 heteroatoms. The second-order valence-corrected chi connectivity index (χ2v) is 6.03. The van der Waals surface area contributed by atoms with Gasteiger partial charge in [0, 0.05) is 11.6 Å². The molecule has 0 bridgehead atoms. The number of benzene rings is 1. The molecule has 0 aromatic heterocycles. The summed E-state index contributed by atoms with van der Waals surface area (Å²) in [5, 5.41) is 4.08. The van der Waals surface area contributed by atoms with Crippen LogP contribution in [-0.4, -0.2) is 31.6 Å². The third kappa shape index (κ3) is 5.13. The topological polar surface area (TPSA) is 15.3 Å². The molecule has 1 fully saturated rings. The lowest BCUT2D eigenvalue weighted by Crippen LogP contribution is -2.33. The van der Waals surface area contributed by atoms with Gasteiger partial charge >= 0.3 is 0 Å². The highest BCUT2D eigenvalue weighted by Crippen LogP contribution is 2.23. The zero-order chi connectivity index (χ0) is 13.5. The van der Waals surface area contributed by atoms with E-state index < -0.39 is 0 Å². The Bertz CT molecular complexity index is 373. The van der Waals surface area contributed by atoms with Gasteiger partial charge in [0.2, 0.25) is 0 Å². The molecule has 19 heavy (non-hydrogen) atoms. The van der Waals surface area contributed by atoms with E-state index in [0.29, 0.717) is 0 Å². The lowest BCUT2D eigenvalue weighted by atomic mass is 9.92. The largest absolute Gasteiger partial charge is 0.320 e. The van der Waals surface area contributed by atoms with Crippen LogP contribution in [0.4, 0.5) is 0 Å². The Balaban J connectivity index is 1.71. The maximum Gasteiger partial charge on any atom is 0.0409 e. The van der Waals surface area contributed by atoms with Gasteiger partial charge in [-0.3, -0.25) is 4.90 Å². The first-order valence-corrected chi connectivity index (χ1v) is 7.77. The van der Waals surface area contributed by atoms with Crippen LogP contribution < -0.4 is 5.32 Å². The van der Waals surface area contributed by atoms with Crippen molar-refractivity contribution in [2.45, 2.75) is 32.2 Å². The average Bonchev–Trinajstić information content (AvgIpc) is 2.41. The Morgan fingerprint density at radius 3 is 2.79 bits per heavy atom. The van der Waals surface area contributed by atoms with E-state index in [1.165, 1.54) is 44.3 Å². The number of hydrogen-bond acceptors (Lipinski definition) is 2. The summed E-state index contributed by atoms with van der Waals surface area (Å²) < 4.78 is 0.